The fraction of sp³-hybridized carbons (Fsp3) is 0. The molecular weight excluding hydrogens is 464 g/mol. The number of hydrogen-bond acceptors (Lipinski definition) is 4. The van der Waals surface area contributed by atoms with E-state index in [1.165, 1.54) is 45.3 Å². The van der Waals surface area contributed by atoms with Crippen molar-refractivity contribution in [1.29, 1.82) is 0 Å². The third-order valence-electron chi connectivity index (χ3n) is 6.87. The molecule has 0 radical (unpaired) electrons. The molecule has 4 heteroatoms. The maximum Gasteiger partial charge on any atom is 0.181 e. The average Bonchev–Trinajstić information content (AvgIpc) is 3.00. The topological polar surface area (TPSA) is 51.6 Å². The van der Waals surface area contributed by atoms with Crippen molar-refractivity contribution < 1.29 is 0 Å². The number of fused-ring (bicyclic) bond motifs is 2. The lowest BCUT2D eigenvalue weighted by Gasteiger charge is -2.11. The molecular formula is C34H22N4. The Kier molecular flexibility index (Phi) is 5.41. The number of nitrogens with zero attached hydrogens (tertiary/aromatic N) is 4. The van der Waals surface area contributed by atoms with Crippen molar-refractivity contribution in [3.8, 4) is 45.0 Å². The summed E-state index contributed by atoms with van der Waals surface area (Å²) in [4.78, 5) is 17.7. The quantitative estimate of drug-likeness (QED) is 0.235. The highest BCUT2D eigenvalue weighted by atomic mass is 15.0. The van der Waals surface area contributed by atoms with E-state index in [1.54, 1.807) is 0 Å². The number of aromatic nitrogens is 4. The van der Waals surface area contributed by atoms with Crippen LogP contribution in [0.25, 0.3) is 66.6 Å². The molecule has 38 heavy (non-hydrogen) atoms. The van der Waals surface area contributed by atoms with Crippen LogP contribution in [0.3, 0.4) is 0 Å². The predicted octanol–water partition coefficient (Wildman–Crippen LogP) is 8.24. The molecule has 0 N–H and O–H groups in total. The number of hydrogen-bond donors (Lipinski definition) is 0. The molecule has 0 amide bonds. The molecule has 0 unspecified atom stereocenters. The molecule has 0 bridgehead atoms. The van der Waals surface area contributed by atoms with Gasteiger partial charge < -0.3 is 0 Å². The fourth-order valence-electron chi connectivity index (χ4n) is 4.91. The van der Waals surface area contributed by atoms with Crippen LogP contribution in [0.5, 0.6) is 0 Å². The molecule has 0 aliphatic heterocycles. The average molecular weight is 487 g/mol. The molecule has 0 spiro atoms. The van der Waals surface area contributed by atoms with Gasteiger partial charge in [0.05, 0.1) is 5.69 Å². The Hall–Kier alpha value is -5.22. The van der Waals surface area contributed by atoms with Crippen LogP contribution >= 0.6 is 0 Å². The largest absolute Gasteiger partial charge is 0.244 e. The van der Waals surface area contributed by atoms with E-state index >= 15 is 0 Å². The van der Waals surface area contributed by atoms with Gasteiger partial charge in [0.25, 0.3) is 0 Å². The third kappa shape index (κ3) is 4.18. The van der Waals surface area contributed by atoms with E-state index in [0.717, 1.165) is 22.4 Å². The summed E-state index contributed by atoms with van der Waals surface area (Å²) in [5.74, 6) is 0.552. The van der Waals surface area contributed by atoms with E-state index in [0.29, 0.717) is 11.5 Å². The lowest BCUT2D eigenvalue weighted by Crippen LogP contribution is -1.95. The second kappa shape index (κ2) is 9.34. The fourth-order valence-corrected chi connectivity index (χ4v) is 4.91. The van der Waals surface area contributed by atoms with Crippen molar-refractivity contribution in [2.75, 3.05) is 0 Å². The van der Waals surface area contributed by atoms with Crippen molar-refractivity contribution >= 4 is 21.5 Å². The van der Waals surface area contributed by atoms with Crippen molar-refractivity contribution in [2.45, 2.75) is 0 Å². The van der Waals surface area contributed by atoms with Gasteiger partial charge in [0.2, 0.25) is 0 Å². The van der Waals surface area contributed by atoms with E-state index in [1.807, 2.05) is 6.07 Å². The predicted molar refractivity (Wildman–Crippen MR) is 154 cm³/mol. The van der Waals surface area contributed by atoms with Crippen molar-refractivity contribution in [3.63, 3.8) is 0 Å². The van der Waals surface area contributed by atoms with Gasteiger partial charge in [-0.3, -0.25) is 0 Å². The molecule has 0 atom stereocenters. The maximum atomic E-state index is 4.95. The van der Waals surface area contributed by atoms with Crippen molar-refractivity contribution in [2.24, 2.45) is 0 Å². The third-order valence-corrected chi connectivity index (χ3v) is 6.87. The van der Waals surface area contributed by atoms with E-state index in [2.05, 4.69) is 130 Å². The van der Waals surface area contributed by atoms with Gasteiger partial charge in [0.15, 0.2) is 5.82 Å². The molecule has 178 valence electrons. The summed E-state index contributed by atoms with van der Waals surface area (Å²) >= 11 is 0. The van der Waals surface area contributed by atoms with Gasteiger partial charge in [0, 0.05) is 5.56 Å². The smallest absolute Gasteiger partial charge is 0.181 e. The monoisotopic (exact) mass is 486 g/mol. The van der Waals surface area contributed by atoms with Gasteiger partial charge in [-0.1, -0.05) is 91.0 Å². The molecule has 5 aromatic carbocycles. The molecule has 0 aliphatic carbocycles. The van der Waals surface area contributed by atoms with Crippen LogP contribution in [-0.4, -0.2) is 19.9 Å². The summed E-state index contributed by atoms with van der Waals surface area (Å²) in [6, 6.07) is 42.7. The second-order valence-corrected chi connectivity index (χ2v) is 9.29. The van der Waals surface area contributed by atoms with Gasteiger partial charge >= 0.3 is 0 Å². The van der Waals surface area contributed by atoms with Crippen LogP contribution in [0.4, 0.5) is 0 Å². The van der Waals surface area contributed by atoms with E-state index in [9.17, 15) is 0 Å². The highest BCUT2D eigenvalue weighted by Crippen LogP contribution is 2.33. The Bertz CT molecular complexity index is 1900. The first-order chi connectivity index (χ1) is 18.8. The first kappa shape index (κ1) is 22.0. The Morgan fingerprint density at radius 3 is 1.71 bits per heavy atom. The summed E-state index contributed by atoms with van der Waals surface area (Å²) < 4.78 is 0. The molecule has 0 aliphatic rings. The van der Waals surface area contributed by atoms with Crippen LogP contribution in [-0.2, 0) is 0 Å². The van der Waals surface area contributed by atoms with Crippen LogP contribution in [0.15, 0.2) is 134 Å². The van der Waals surface area contributed by atoms with E-state index in [4.69, 9.17) is 4.98 Å². The maximum absolute atomic E-state index is 4.95. The highest BCUT2D eigenvalue weighted by Gasteiger charge is 2.12. The second-order valence-electron chi connectivity index (χ2n) is 9.29. The summed E-state index contributed by atoms with van der Waals surface area (Å²) in [5.41, 5.74) is 7.16. The Morgan fingerprint density at radius 2 is 0.947 bits per heavy atom. The van der Waals surface area contributed by atoms with Gasteiger partial charge in [-0.2, -0.15) is 0 Å². The minimum Gasteiger partial charge on any atom is -0.244 e. The minimum atomic E-state index is 0.552. The normalized spacial score (nSPS) is 11.2. The number of rotatable bonds is 4. The first-order valence-electron chi connectivity index (χ1n) is 12.5. The standard InChI is InChI=1S/C34H22N4/c1-2-6-23(7-3-1)24-10-12-25(13-11-24)32-19-31(20-33(38-32)34-36-21-35-22-37-34)29-15-14-28-16-26-8-4-5-9-27(26)17-30(28)18-29/h1-22H. The molecule has 7 rings (SSSR count). The van der Waals surface area contributed by atoms with Gasteiger partial charge in [-0.05, 0) is 74.1 Å². The van der Waals surface area contributed by atoms with Gasteiger partial charge in [-0.15, -0.1) is 0 Å². The molecule has 0 fully saturated rings. The SMILES string of the molecule is c1ccc(-c2ccc(-c3cc(-c4ccc5cc6ccccc6cc5c4)cc(-c4ncncn4)n3)cc2)cc1. The molecule has 0 saturated carbocycles. The summed E-state index contributed by atoms with van der Waals surface area (Å²) in [6.45, 7) is 0. The number of pyridine rings is 1. The van der Waals surface area contributed by atoms with Gasteiger partial charge in [0.1, 0.15) is 18.3 Å². The van der Waals surface area contributed by atoms with Crippen LogP contribution in [0.1, 0.15) is 0 Å². The van der Waals surface area contributed by atoms with Crippen molar-refractivity contribution in [3.05, 3.63) is 134 Å². The van der Waals surface area contributed by atoms with Crippen molar-refractivity contribution in [1.82, 2.24) is 19.9 Å². The first-order valence-corrected chi connectivity index (χ1v) is 12.5. The number of benzene rings is 5. The van der Waals surface area contributed by atoms with E-state index < -0.39 is 0 Å². The highest BCUT2D eigenvalue weighted by molar-refractivity contribution is 5.99. The molecule has 2 aromatic heterocycles. The zero-order valence-corrected chi connectivity index (χ0v) is 20.5. The minimum absolute atomic E-state index is 0.552. The van der Waals surface area contributed by atoms with Crippen LogP contribution in [0.2, 0.25) is 0 Å². The summed E-state index contributed by atoms with van der Waals surface area (Å²) in [5, 5.41) is 4.90. The van der Waals surface area contributed by atoms with Crippen LogP contribution in [0, 0.1) is 0 Å². The lowest BCUT2D eigenvalue weighted by molar-refractivity contribution is 1.04. The zero-order valence-electron chi connectivity index (χ0n) is 20.5. The van der Waals surface area contributed by atoms with E-state index in [-0.39, 0.29) is 0 Å². The summed E-state index contributed by atoms with van der Waals surface area (Å²) in [7, 11) is 0. The molecule has 4 nitrogen and oxygen atoms in total. The summed E-state index contributed by atoms with van der Waals surface area (Å²) in [6.07, 6.45) is 3.01. The Labute approximate surface area is 220 Å². The molecule has 0 saturated heterocycles. The Morgan fingerprint density at radius 1 is 0.368 bits per heavy atom. The molecule has 7 aromatic rings. The Balaban J connectivity index is 1.36. The molecule has 2 heterocycles. The lowest BCUT2D eigenvalue weighted by atomic mass is 9.97. The zero-order chi connectivity index (χ0) is 25.3. The van der Waals surface area contributed by atoms with Gasteiger partial charge in [-0.25, -0.2) is 19.9 Å². The van der Waals surface area contributed by atoms with Crippen LogP contribution < -0.4 is 0 Å².